The quantitative estimate of drug-likeness (QED) is 0.795. The zero-order chi connectivity index (χ0) is 13.7. The number of fused-ring (bicyclic) bond motifs is 1. The predicted molar refractivity (Wildman–Crippen MR) is 80.8 cm³/mol. The zero-order valence-electron chi connectivity index (χ0n) is 11.8. The van der Waals surface area contributed by atoms with Crippen molar-refractivity contribution in [2.45, 2.75) is 50.6 Å². The van der Waals surface area contributed by atoms with Crippen molar-refractivity contribution in [1.29, 1.82) is 0 Å². The Kier molecular flexibility index (Phi) is 4.63. The Labute approximate surface area is 116 Å². The summed E-state index contributed by atoms with van der Waals surface area (Å²) in [6.45, 7) is 2.77. The molecule has 3 N–H and O–H groups in total. The molecule has 1 aliphatic carbocycles. The molecule has 0 saturated heterocycles. The highest BCUT2D eigenvalue weighted by molar-refractivity contribution is 5.37. The summed E-state index contributed by atoms with van der Waals surface area (Å²) < 4.78 is 0. The van der Waals surface area contributed by atoms with E-state index in [1.165, 1.54) is 17.5 Å². The van der Waals surface area contributed by atoms with Crippen LogP contribution >= 0.6 is 0 Å². The van der Waals surface area contributed by atoms with Crippen LogP contribution in [-0.4, -0.2) is 12.6 Å². The average Bonchev–Trinajstić information content (AvgIpc) is 2.47. The first kappa shape index (κ1) is 14.1. The Morgan fingerprint density at radius 1 is 1.47 bits per heavy atom. The second-order valence-corrected chi connectivity index (χ2v) is 5.45. The van der Waals surface area contributed by atoms with Gasteiger partial charge in [-0.3, -0.25) is 5.32 Å². The maximum atomic E-state index is 6.12. The topological polar surface area (TPSA) is 38.0 Å². The summed E-state index contributed by atoms with van der Waals surface area (Å²) in [7, 11) is 0. The summed E-state index contributed by atoms with van der Waals surface area (Å²) in [6.07, 6.45) is 11.1. The molecule has 0 spiro atoms. The molecule has 2 unspecified atom stereocenters. The van der Waals surface area contributed by atoms with Crippen molar-refractivity contribution >= 4 is 0 Å². The number of terminal acetylenes is 1. The molecule has 2 nitrogen and oxygen atoms in total. The molecule has 2 heteroatoms. The Hall–Kier alpha value is -1.30. The van der Waals surface area contributed by atoms with Gasteiger partial charge < -0.3 is 5.73 Å². The van der Waals surface area contributed by atoms with E-state index in [0.29, 0.717) is 6.54 Å². The lowest BCUT2D eigenvalue weighted by Gasteiger charge is -2.41. The Balaban J connectivity index is 2.31. The minimum atomic E-state index is -0.138. The van der Waals surface area contributed by atoms with E-state index in [2.05, 4.69) is 42.4 Å². The van der Waals surface area contributed by atoms with Crippen molar-refractivity contribution in [1.82, 2.24) is 5.32 Å². The summed E-state index contributed by atoms with van der Waals surface area (Å²) in [5, 5.41) is 3.66. The molecule has 1 aliphatic rings. The molecular formula is C17H24N2. The second kappa shape index (κ2) is 6.23. The number of rotatable bonds is 5. The van der Waals surface area contributed by atoms with Gasteiger partial charge in [-0.15, -0.1) is 6.42 Å². The fraction of sp³-hybridized carbons (Fsp3) is 0.529. The Morgan fingerprint density at radius 3 is 2.95 bits per heavy atom. The molecule has 2 rings (SSSR count). The van der Waals surface area contributed by atoms with Crippen LogP contribution in [0.4, 0.5) is 0 Å². The van der Waals surface area contributed by atoms with Gasteiger partial charge in [0.15, 0.2) is 0 Å². The lowest BCUT2D eigenvalue weighted by molar-refractivity contribution is 0.271. The number of nitrogens with two attached hydrogens (primary N) is 1. The fourth-order valence-electron chi connectivity index (χ4n) is 3.16. The molecule has 19 heavy (non-hydrogen) atoms. The minimum Gasteiger partial charge on any atom is -0.328 e. The number of hydrogen-bond acceptors (Lipinski definition) is 2. The zero-order valence-corrected chi connectivity index (χ0v) is 11.8. The molecule has 1 aromatic rings. The van der Waals surface area contributed by atoms with Crippen molar-refractivity contribution in [3.63, 3.8) is 0 Å². The minimum absolute atomic E-state index is 0.111. The molecule has 0 amide bonds. The van der Waals surface area contributed by atoms with Crippen LogP contribution in [-0.2, 0) is 12.0 Å². The first-order valence-corrected chi connectivity index (χ1v) is 7.28. The van der Waals surface area contributed by atoms with Crippen molar-refractivity contribution in [3.05, 3.63) is 35.4 Å². The summed E-state index contributed by atoms with van der Waals surface area (Å²) in [4.78, 5) is 0. The number of aryl methyl sites for hydroxylation is 1. The van der Waals surface area contributed by atoms with Crippen molar-refractivity contribution < 1.29 is 0 Å². The normalized spacial score (nSPS) is 23.4. The van der Waals surface area contributed by atoms with Crippen molar-refractivity contribution in [2.75, 3.05) is 6.54 Å². The third kappa shape index (κ3) is 2.83. The number of hydrogen-bond donors (Lipinski definition) is 2. The van der Waals surface area contributed by atoms with E-state index in [4.69, 9.17) is 12.2 Å². The monoisotopic (exact) mass is 256 g/mol. The third-order valence-electron chi connectivity index (χ3n) is 4.16. The van der Waals surface area contributed by atoms with Gasteiger partial charge >= 0.3 is 0 Å². The Bertz CT molecular complexity index is 461. The van der Waals surface area contributed by atoms with E-state index in [1.54, 1.807) is 0 Å². The summed E-state index contributed by atoms with van der Waals surface area (Å²) in [6, 6.07) is 8.73. The molecule has 0 aliphatic heterocycles. The smallest absolute Gasteiger partial charge is 0.0694 e. The summed E-state index contributed by atoms with van der Waals surface area (Å²) in [5.74, 6) is 2.87. The predicted octanol–water partition coefficient (Wildman–Crippen LogP) is 2.57. The van der Waals surface area contributed by atoms with Crippen molar-refractivity contribution in [3.8, 4) is 12.3 Å². The first-order chi connectivity index (χ1) is 9.25. The van der Waals surface area contributed by atoms with Crippen LogP contribution in [0.5, 0.6) is 0 Å². The van der Waals surface area contributed by atoms with Gasteiger partial charge in [0.2, 0.25) is 0 Å². The van der Waals surface area contributed by atoms with Gasteiger partial charge in [-0.2, -0.15) is 0 Å². The van der Waals surface area contributed by atoms with Crippen LogP contribution in [0.2, 0.25) is 0 Å². The van der Waals surface area contributed by atoms with Gasteiger partial charge in [-0.1, -0.05) is 43.5 Å². The molecule has 2 atom stereocenters. The largest absolute Gasteiger partial charge is 0.328 e. The van der Waals surface area contributed by atoms with E-state index in [0.717, 1.165) is 25.7 Å². The second-order valence-electron chi connectivity index (χ2n) is 5.45. The molecule has 1 aromatic carbocycles. The molecule has 0 fully saturated rings. The highest BCUT2D eigenvalue weighted by Crippen LogP contribution is 2.35. The SMILES string of the molecule is C#CC(CCC)NC1(CN)CCCc2ccccc21. The van der Waals surface area contributed by atoms with Crippen LogP contribution in [0.1, 0.15) is 43.7 Å². The highest BCUT2D eigenvalue weighted by atomic mass is 15.0. The van der Waals surface area contributed by atoms with E-state index < -0.39 is 0 Å². The third-order valence-corrected chi connectivity index (χ3v) is 4.16. The van der Waals surface area contributed by atoms with Gasteiger partial charge in [0.25, 0.3) is 0 Å². The lowest BCUT2D eigenvalue weighted by Crippen LogP contribution is -2.54. The van der Waals surface area contributed by atoms with Crippen molar-refractivity contribution in [2.24, 2.45) is 5.73 Å². The lowest BCUT2D eigenvalue weighted by atomic mass is 9.76. The van der Waals surface area contributed by atoms with Crippen LogP contribution in [0.3, 0.4) is 0 Å². The molecular weight excluding hydrogens is 232 g/mol. The average molecular weight is 256 g/mol. The number of benzene rings is 1. The van der Waals surface area contributed by atoms with E-state index in [9.17, 15) is 0 Å². The summed E-state index contributed by atoms with van der Waals surface area (Å²) in [5.41, 5.74) is 8.75. The standard InChI is InChI=1S/C17H24N2/c1-3-8-15(4-2)19-17(13-18)12-7-10-14-9-5-6-11-16(14)17/h2,5-6,9,11,15,19H,3,7-8,10,12-13,18H2,1H3. The highest BCUT2D eigenvalue weighted by Gasteiger charge is 2.36. The van der Waals surface area contributed by atoms with Crippen LogP contribution < -0.4 is 11.1 Å². The molecule has 102 valence electrons. The van der Waals surface area contributed by atoms with Gasteiger partial charge in [0, 0.05) is 6.54 Å². The molecule has 0 bridgehead atoms. The molecule has 0 radical (unpaired) electrons. The number of nitrogens with one attached hydrogen (secondary N) is 1. The van der Waals surface area contributed by atoms with Gasteiger partial charge in [-0.25, -0.2) is 0 Å². The molecule has 0 aromatic heterocycles. The van der Waals surface area contributed by atoms with Gasteiger partial charge in [0.1, 0.15) is 0 Å². The summed E-state index contributed by atoms with van der Waals surface area (Å²) >= 11 is 0. The van der Waals surface area contributed by atoms with E-state index in [1.807, 2.05) is 0 Å². The maximum Gasteiger partial charge on any atom is 0.0694 e. The van der Waals surface area contributed by atoms with E-state index in [-0.39, 0.29) is 11.6 Å². The van der Waals surface area contributed by atoms with Crippen LogP contribution in [0, 0.1) is 12.3 Å². The fourth-order valence-corrected chi connectivity index (χ4v) is 3.16. The van der Waals surface area contributed by atoms with Crippen LogP contribution in [0.15, 0.2) is 24.3 Å². The molecule has 0 saturated carbocycles. The molecule has 0 heterocycles. The van der Waals surface area contributed by atoms with Gasteiger partial charge in [-0.05, 0) is 36.8 Å². The van der Waals surface area contributed by atoms with E-state index >= 15 is 0 Å². The first-order valence-electron chi connectivity index (χ1n) is 7.28. The maximum absolute atomic E-state index is 6.12. The van der Waals surface area contributed by atoms with Crippen LogP contribution in [0.25, 0.3) is 0 Å². The Morgan fingerprint density at radius 2 is 2.26 bits per heavy atom. The van der Waals surface area contributed by atoms with Gasteiger partial charge in [0.05, 0.1) is 11.6 Å².